The van der Waals surface area contributed by atoms with Gasteiger partial charge in [-0.1, -0.05) is 13.8 Å². The summed E-state index contributed by atoms with van der Waals surface area (Å²) in [7, 11) is 0. The summed E-state index contributed by atoms with van der Waals surface area (Å²) in [6, 6.07) is 0. The first-order valence-electron chi connectivity index (χ1n) is 7.89. The third-order valence-corrected chi connectivity index (χ3v) is 3.83. The smallest absolute Gasteiger partial charge is 0.0948 e. The molecule has 2 heterocycles. The third kappa shape index (κ3) is 3.73. The molecule has 0 bridgehead atoms. The van der Waals surface area contributed by atoms with Crippen LogP contribution >= 0.6 is 0 Å². The predicted molar refractivity (Wildman–Crippen MR) is 85.3 cm³/mol. The largest absolute Gasteiger partial charge is 0.333 e. The molecule has 2 aromatic rings. The standard InChI is InChI=1S/C16H27N5/c1-5-7-17-10-16-13(3)19-21(14(16)4)11-15-9-18-12-20(15)8-6-2/h9,12,17H,5-8,10-11H2,1-4H3. The van der Waals surface area contributed by atoms with Crippen molar-refractivity contribution in [3.8, 4) is 0 Å². The summed E-state index contributed by atoms with van der Waals surface area (Å²) >= 11 is 0. The van der Waals surface area contributed by atoms with Crippen molar-refractivity contribution in [2.75, 3.05) is 6.54 Å². The summed E-state index contributed by atoms with van der Waals surface area (Å²) in [5, 5.41) is 8.17. The van der Waals surface area contributed by atoms with Gasteiger partial charge in [-0.2, -0.15) is 5.10 Å². The van der Waals surface area contributed by atoms with E-state index >= 15 is 0 Å². The van der Waals surface area contributed by atoms with E-state index in [1.165, 1.54) is 17.0 Å². The first kappa shape index (κ1) is 15.8. The van der Waals surface area contributed by atoms with Gasteiger partial charge in [0, 0.05) is 24.3 Å². The molecule has 5 nitrogen and oxygen atoms in total. The second kappa shape index (κ2) is 7.41. The van der Waals surface area contributed by atoms with Crippen molar-refractivity contribution in [3.63, 3.8) is 0 Å². The van der Waals surface area contributed by atoms with Crippen LogP contribution in [0.1, 0.15) is 49.3 Å². The van der Waals surface area contributed by atoms with Crippen LogP contribution in [0.15, 0.2) is 12.5 Å². The van der Waals surface area contributed by atoms with Crippen molar-refractivity contribution in [3.05, 3.63) is 35.2 Å². The Labute approximate surface area is 127 Å². The van der Waals surface area contributed by atoms with Crippen LogP contribution in [0, 0.1) is 13.8 Å². The Hall–Kier alpha value is -1.62. The summed E-state index contributed by atoms with van der Waals surface area (Å²) in [4.78, 5) is 4.27. The Morgan fingerprint density at radius 1 is 1.19 bits per heavy atom. The maximum atomic E-state index is 4.70. The fraction of sp³-hybridized carbons (Fsp3) is 0.625. The molecule has 21 heavy (non-hydrogen) atoms. The van der Waals surface area contributed by atoms with E-state index in [1.54, 1.807) is 0 Å². The molecule has 0 aliphatic rings. The monoisotopic (exact) mass is 289 g/mol. The molecule has 2 aromatic heterocycles. The normalized spacial score (nSPS) is 11.2. The number of hydrogen-bond donors (Lipinski definition) is 1. The topological polar surface area (TPSA) is 47.7 Å². The van der Waals surface area contributed by atoms with Gasteiger partial charge in [0.15, 0.2) is 0 Å². The minimum absolute atomic E-state index is 0.792. The number of rotatable bonds is 8. The number of aromatic nitrogens is 4. The summed E-state index contributed by atoms with van der Waals surface area (Å²) in [6.45, 7) is 12.4. The number of imidazole rings is 1. The van der Waals surface area contributed by atoms with Gasteiger partial charge in [0.2, 0.25) is 0 Å². The average molecular weight is 289 g/mol. The third-order valence-electron chi connectivity index (χ3n) is 3.83. The van der Waals surface area contributed by atoms with Crippen LogP contribution in [0.2, 0.25) is 0 Å². The molecule has 0 saturated heterocycles. The zero-order valence-corrected chi connectivity index (χ0v) is 13.7. The second-order valence-electron chi connectivity index (χ2n) is 5.56. The Morgan fingerprint density at radius 2 is 2.00 bits per heavy atom. The van der Waals surface area contributed by atoms with Gasteiger partial charge in [-0.15, -0.1) is 0 Å². The first-order chi connectivity index (χ1) is 10.2. The number of nitrogens with zero attached hydrogens (tertiary/aromatic N) is 4. The summed E-state index contributed by atoms with van der Waals surface area (Å²) in [5.41, 5.74) is 4.92. The Bertz CT molecular complexity index is 567. The van der Waals surface area contributed by atoms with E-state index in [0.29, 0.717) is 0 Å². The Morgan fingerprint density at radius 3 is 2.71 bits per heavy atom. The van der Waals surface area contributed by atoms with Crippen molar-refractivity contribution in [1.82, 2.24) is 24.6 Å². The first-order valence-corrected chi connectivity index (χ1v) is 7.89. The zero-order chi connectivity index (χ0) is 15.2. The van der Waals surface area contributed by atoms with E-state index < -0.39 is 0 Å². The molecule has 0 aromatic carbocycles. The quantitative estimate of drug-likeness (QED) is 0.760. The van der Waals surface area contributed by atoms with Crippen LogP contribution in [-0.2, 0) is 19.6 Å². The van der Waals surface area contributed by atoms with Crippen molar-refractivity contribution in [2.45, 2.75) is 60.2 Å². The van der Waals surface area contributed by atoms with Crippen LogP contribution in [0.25, 0.3) is 0 Å². The number of aryl methyl sites for hydroxylation is 2. The van der Waals surface area contributed by atoms with Gasteiger partial charge in [-0.3, -0.25) is 4.68 Å². The van der Waals surface area contributed by atoms with Crippen LogP contribution < -0.4 is 5.32 Å². The fourth-order valence-corrected chi connectivity index (χ4v) is 2.61. The molecular formula is C16H27N5. The Balaban J connectivity index is 2.13. The molecule has 0 spiro atoms. The number of nitrogens with one attached hydrogen (secondary N) is 1. The Kier molecular flexibility index (Phi) is 5.56. The van der Waals surface area contributed by atoms with Gasteiger partial charge in [-0.05, 0) is 33.2 Å². The van der Waals surface area contributed by atoms with Gasteiger partial charge in [0.05, 0.1) is 30.5 Å². The van der Waals surface area contributed by atoms with E-state index in [-0.39, 0.29) is 0 Å². The van der Waals surface area contributed by atoms with Crippen LogP contribution in [0.4, 0.5) is 0 Å². The van der Waals surface area contributed by atoms with E-state index in [2.05, 4.69) is 47.2 Å². The zero-order valence-electron chi connectivity index (χ0n) is 13.7. The SMILES string of the molecule is CCCNCc1c(C)nn(Cc2cncn2CCC)c1C. The van der Waals surface area contributed by atoms with E-state index in [9.17, 15) is 0 Å². The highest BCUT2D eigenvalue weighted by Crippen LogP contribution is 2.15. The predicted octanol–water partition coefficient (Wildman–Crippen LogP) is 2.65. The molecular weight excluding hydrogens is 262 g/mol. The minimum atomic E-state index is 0.792. The van der Waals surface area contributed by atoms with Crippen LogP contribution in [0.5, 0.6) is 0 Å². The molecule has 0 radical (unpaired) electrons. The molecule has 1 N–H and O–H groups in total. The molecule has 0 fully saturated rings. The van der Waals surface area contributed by atoms with Gasteiger partial charge in [0.1, 0.15) is 0 Å². The molecule has 0 unspecified atom stereocenters. The highest BCUT2D eigenvalue weighted by Gasteiger charge is 2.12. The highest BCUT2D eigenvalue weighted by molar-refractivity contribution is 5.25. The lowest BCUT2D eigenvalue weighted by Gasteiger charge is -2.09. The maximum absolute atomic E-state index is 4.70. The van der Waals surface area contributed by atoms with Crippen LogP contribution in [-0.4, -0.2) is 25.9 Å². The summed E-state index contributed by atoms with van der Waals surface area (Å²) in [6.07, 6.45) is 6.13. The molecule has 0 amide bonds. The lowest BCUT2D eigenvalue weighted by atomic mass is 10.2. The van der Waals surface area contributed by atoms with Gasteiger partial charge in [0.25, 0.3) is 0 Å². The second-order valence-corrected chi connectivity index (χ2v) is 5.56. The molecule has 0 aliphatic carbocycles. The lowest BCUT2D eigenvalue weighted by molar-refractivity contribution is 0.585. The van der Waals surface area contributed by atoms with Gasteiger partial charge < -0.3 is 9.88 Å². The van der Waals surface area contributed by atoms with E-state index in [1.807, 2.05) is 12.5 Å². The van der Waals surface area contributed by atoms with Crippen molar-refractivity contribution in [2.24, 2.45) is 0 Å². The minimum Gasteiger partial charge on any atom is -0.333 e. The van der Waals surface area contributed by atoms with E-state index in [4.69, 9.17) is 5.10 Å². The molecule has 0 atom stereocenters. The summed E-state index contributed by atoms with van der Waals surface area (Å²) < 4.78 is 4.31. The lowest BCUT2D eigenvalue weighted by Crippen LogP contribution is -2.15. The molecule has 0 aliphatic heterocycles. The van der Waals surface area contributed by atoms with E-state index in [0.717, 1.165) is 44.7 Å². The van der Waals surface area contributed by atoms with Gasteiger partial charge in [-0.25, -0.2) is 4.98 Å². The van der Waals surface area contributed by atoms with Crippen molar-refractivity contribution >= 4 is 0 Å². The van der Waals surface area contributed by atoms with Crippen molar-refractivity contribution < 1.29 is 0 Å². The molecule has 116 valence electrons. The summed E-state index contributed by atoms with van der Waals surface area (Å²) in [5.74, 6) is 0. The molecule has 0 saturated carbocycles. The van der Waals surface area contributed by atoms with Crippen molar-refractivity contribution in [1.29, 1.82) is 0 Å². The average Bonchev–Trinajstić information content (AvgIpc) is 2.99. The van der Waals surface area contributed by atoms with Gasteiger partial charge >= 0.3 is 0 Å². The highest BCUT2D eigenvalue weighted by atomic mass is 15.3. The molecule has 5 heteroatoms. The number of hydrogen-bond acceptors (Lipinski definition) is 3. The maximum Gasteiger partial charge on any atom is 0.0948 e. The molecule has 2 rings (SSSR count). The fourth-order valence-electron chi connectivity index (χ4n) is 2.61. The van der Waals surface area contributed by atoms with Crippen LogP contribution in [0.3, 0.4) is 0 Å².